The maximum atomic E-state index is 11.2. The summed E-state index contributed by atoms with van der Waals surface area (Å²) < 4.78 is 19.9. The number of rotatable bonds is 25. The van der Waals surface area contributed by atoms with Crippen molar-refractivity contribution in [1.82, 2.24) is 10.6 Å². The van der Waals surface area contributed by atoms with Crippen molar-refractivity contribution in [3.05, 3.63) is 24.8 Å². The summed E-state index contributed by atoms with van der Waals surface area (Å²) >= 11 is 0. The molecule has 2 amide bonds. The first kappa shape index (κ1) is 40.4. The van der Waals surface area contributed by atoms with E-state index in [1.54, 1.807) is 13.8 Å². The highest BCUT2D eigenvalue weighted by atomic mass is 16.6. The second kappa shape index (κ2) is 33.5. The van der Waals surface area contributed by atoms with Crippen LogP contribution in [0.25, 0.3) is 0 Å². The molecule has 0 spiro atoms. The summed E-state index contributed by atoms with van der Waals surface area (Å²) in [5.41, 5.74) is 0. The summed E-state index contributed by atoms with van der Waals surface area (Å²) in [4.78, 5) is 44.0. The van der Waals surface area contributed by atoms with E-state index in [9.17, 15) is 19.2 Å². The monoisotopic (exact) mass is 584 g/mol. The molecule has 10 heteroatoms. The van der Waals surface area contributed by atoms with Crippen LogP contribution in [0.3, 0.4) is 0 Å². The quantitative estimate of drug-likeness (QED) is 0.0677. The van der Waals surface area contributed by atoms with Crippen LogP contribution in [0.2, 0.25) is 0 Å². The smallest absolute Gasteiger partial charge is 0.332 e. The molecule has 0 aliphatic heterocycles. The fourth-order valence-corrected chi connectivity index (χ4v) is 3.40. The van der Waals surface area contributed by atoms with Gasteiger partial charge in [-0.2, -0.15) is 0 Å². The van der Waals surface area contributed by atoms with Gasteiger partial charge in [-0.05, 0) is 71.6 Å². The lowest BCUT2D eigenvalue weighted by molar-refractivity contribution is -0.149. The van der Waals surface area contributed by atoms with Crippen molar-refractivity contribution in [1.29, 1.82) is 0 Å². The predicted octanol–water partition coefficient (Wildman–Crippen LogP) is 4.81. The van der Waals surface area contributed by atoms with Crippen LogP contribution in [0.4, 0.5) is 0 Å². The number of hydrogen-bond acceptors (Lipinski definition) is 8. The van der Waals surface area contributed by atoms with Crippen LogP contribution in [0.5, 0.6) is 0 Å². The van der Waals surface area contributed by atoms with Gasteiger partial charge in [-0.1, -0.05) is 43.9 Å². The van der Waals surface area contributed by atoms with E-state index in [4.69, 9.17) is 18.9 Å². The van der Waals surface area contributed by atoms with Crippen LogP contribution < -0.4 is 10.6 Å². The lowest BCUT2D eigenvalue weighted by Crippen LogP contribution is -2.38. The fourth-order valence-electron chi connectivity index (χ4n) is 3.40. The maximum Gasteiger partial charge on any atom is 0.332 e. The summed E-state index contributed by atoms with van der Waals surface area (Å²) in [5, 5.41) is 4.87. The Morgan fingerprint density at radius 1 is 0.634 bits per heavy atom. The van der Waals surface area contributed by atoms with Gasteiger partial charge < -0.3 is 29.6 Å². The van der Waals surface area contributed by atoms with Crippen molar-refractivity contribution in [3.8, 4) is 0 Å². The van der Waals surface area contributed by atoms with Gasteiger partial charge in [-0.25, -0.2) is 9.59 Å². The molecule has 0 aromatic rings. The predicted molar refractivity (Wildman–Crippen MR) is 161 cm³/mol. The lowest BCUT2D eigenvalue weighted by Gasteiger charge is -2.04. The van der Waals surface area contributed by atoms with Gasteiger partial charge in [0.15, 0.2) is 0 Å². The van der Waals surface area contributed by atoms with E-state index in [0.717, 1.165) is 64.2 Å². The Balaban J connectivity index is 0. The molecule has 0 radical (unpaired) electrons. The maximum absolute atomic E-state index is 11.2. The number of hydrogen-bond donors (Lipinski definition) is 2. The number of allylic oxidation sites excluding steroid dienone is 3. The molecule has 0 aromatic heterocycles. The van der Waals surface area contributed by atoms with Crippen molar-refractivity contribution < 1.29 is 38.1 Å². The number of unbranched alkanes of at least 4 members (excludes halogenated alkanes) is 10. The van der Waals surface area contributed by atoms with Gasteiger partial charge in [-0.3, -0.25) is 9.59 Å². The molecule has 0 bridgehead atoms. The summed E-state index contributed by atoms with van der Waals surface area (Å²) in [5.74, 6) is -1.74. The zero-order valence-corrected chi connectivity index (χ0v) is 25.8. The van der Waals surface area contributed by atoms with E-state index in [-0.39, 0.29) is 25.2 Å². The van der Waals surface area contributed by atoms with Gasteiger partial charge in [0, 0.05) is 26.8 Å². The van der Waals surface area contributed by atoms with Crippen molar-refractivity contribution in [2.45, 2.75) is 97.3 Å². The third-order valence-electron chi connectivity index (χ3n) is 5.59. The first-order valence-electron chi connectivity index (χ1n) is 15.1. The Morgan fingerprint density at radius 2 is 1.10 bits per heavy atom. The molecule has 0 saturated carbocycles. The van der Waals surface area contributed by atoms with Crippen LogP contribution in [-0.2, 0) is 38.1 Å². The molecule has 238 valence electrons. The van der Waals surface area contributed by atoms with Crippen molar-refractivity contribution >= 4 is 23.8 Å². The van der Waals surface area contributed by atoms with E-state index in [1.807, 2.05) is 6.08 Å². The molecule has 0 aromatic carbocycles. The Labute approximate surface area is 248 Å². The third-order valence-corrected chi connectivity index (χ3v) is 5.59. The molecular weight excluding hydrogens is 528 g/mol. The fraction of sp³-hybridized carbons (Fsp3) is 0.742. The average molecular weight is 585 g/mol. The molecule has 41 heavy (non-hydrogen) atoms. The van der Waals surface area contributed by atoms with Gasteiger partial charge in [0.25, 0.3) is 0 Å². The number of carbonyl (C=O) groups excluding carboxylic acids is 4. The van der Waals surface area contributed by atoms with Gasteiger partial charge in [0.1, 0.15) is 13.2 Å². The zero-order valence-electron chi connectivity index (χ0n) is 25.8. The molecule has 0 aliphatic carbocycles. The van der Waals surface area contributed by atoms with E-state index in [1.165, 1.54) is 26.3 Å². The lowest BCUT2D eigenvalue weighted by atomic mass is 10.1. The number of amides is 2. The second-order valence-corrected chi connectivity index (χ2v) is 9.21. The highest BCUT2D eigenvalue weighted by Crippen LogP contribution is 2.07. The number of likely N-dealkylation sites (N-methyl/N-ethyl adjacent to an activating group) is 1. The number of carbonyl (C=O) groups is 4. The van der Waals surface area contributed by atoms with Gasteiger partial charge >= 0.3 is 23.8 Å². The second-order valence-electron chi connectivity index (χ2n) is 9.21. The minimum absolute atomic E-state index is 0.0546. The number of nitrogens with one attached hydrogen (secondary N) is 2. The zero-order chi connectivity index (χ0) is 30.8. The molecule has 0 heterocycles. The van der Waals surface area contributed by atoms with Gasteiger partial charge in [-0.15, -0.1) is 6.58 Å². The normalized spacial score (nSPS) is 10.4. The van der Waals surface area contributed by atoms with E-state index < -0.39 is 11.8 Å². The Kier molecular flexibility index (Phi) is 33.0. The Morgan fingerprint density at radius 3 is 1.61 bits per heavy atom. The van der Waals surface area contributed by atoms with Gasteiger partial charge in [0.2, 0.25) is 0 Å². The molecular formula is C31H56N2O8. The number of ether oxygens (including phenoxy) is 4. The van der Waals surface area contributed by atoms with Crippen LogP contribution in [0.15, 0.2) is 24.8 Å². The summed E-state index contributed by atoms with van der Waals surface area (Å²) in [6.45, 7) is 9.94. The Bertz CT molecular complexity index is 698. The van der Waals surface area contributed by atoms with Crippen molar-refractivity contribution in [3.63, 3.8) is 0 Å². The first-order chi connectivity index (χ1) is 19.9. The molecule has 2 N–H and O–H groups in total. The molecule has 0 rings (SSSR count). The van der Waals surface area contributed by atoms with Crippen LogP contribution in [-0.4, -0.2) is 77.0 Å². The van der Waals surface area contributed by atoms with Crippen LogP contribution in [0, 0.1) is 0 Å². The largest absolute Gasteiger partial charge is 0.464 e. The first-order valence-corrected chi connectivity index (χ1v) is 15.1. The Hall–Kier alpha value is -2.72. The van der Waals surface area contributed by atoms with Crippen LogP contribution in [0.1, 0.15) is 97.3 Å². The molecule has 0 aliphatic rings. The molecule has 0 unspecified atom stereocenters. The topological polar surface area (TPSA) is 129 Å². The third kappa shape index (κ3) is 33.4. The van der Waals surface area contributed by atoms with Crippen molar-refractivity contribution in [2.75, 3.05) is 53.2 Å². The number of esters is 2. The standard InChI is InChI=1S/C20H36N2O5.C11H20O3/c1-3-27-18(23)17-26-16-14-12-10-8-6-4-5-7-9-11-13-15-22-20(25)19(24)21-2;1-3-5-6-7-8-9-13-10-11(12)14-4-2/h5,7H,3-4,6,8-17H2,1-2H3,(H,21,24)(H,22,25);3H,1,4-10H2,2H3/b7-5-;. The summed E-state index contributed by atoms with van der Waals surface area (Å²) in [6, 6.07) is 0. The molecule has 0 fully saturated rings. The highest BCUT2D eigenvalue weighted by molar-refractivity contribution is 6.34. The minimum atomic E-state index is -0.598. The molecule has 0 atom stereocenters. The molecule has 10 nitrogen and oxygen atoms in total. The summed E-state index contributed by atoms with van der Waals surface area (Å²) in [7, 11) is 1.44. The van der Waals surface area contributed by atoms with E-state index in [2.05, 4.69) is 29.4 Å². The van der Waals surface area contributed by atoms with E-state index >= 15 is 0 Å². The van der Waals surface area contributed by atoms with Crippen LogP contribution >= 0.6 is 0 Å². The molecule has 0 saturated heterocycles. The van der Waals surface area contributed by atoms with Gasteiger partial charge in [0.05, 0.1) is 13.2 Å². The highest BCUT2D eigenvalue weighted by Gasteiger charge is 2.08. The SMILES string of the molecule is C=CCCCCCOCC(=O)OCC.CCOC(=O)COCCCCCCC/C=C\CCCCNC(=O)C(=O)NC. The van der Waals surface area contributed by atoms with E-state index in [0.29, 0.717) is 33.0 Å². The summed E-state index contributed by atoms with van der Waals surface area (Å²) in [6.07, 6.45) is 20.2. The minimum Gasteiger partial charge on any atom is -0.464 e. The average Bonchev–Trinajstić information content (AvgIpc) is 2.96. The van der Waals surface area contributed by atoms with Crippen molar-refractivity contribution in [2.24, 2.45) is 0 Å².